The van der Waals surface area contributed by atoms with Crippen LogP contribution in [0.4, 0.5) is 0 Å². The second-order valence-electron chi connectivity index (χ2n) is 10.8. The van der Waals surface area contributed by atoms with Gasteiger partial charge in [-0.25, -0.2) is 0 Å². The van der Waals surface area contributed by atoms with Gasteiger partial charge in [-0.2, -0.15) is 0 Å². The standard InChI is InChI=1S/C34H38N2O4/c1-34(2,36-22-32(39)28-15-16-31(38)30(20-28)23-37)21-25-7-6-10-29(19-25)33(40)35-18-17-24-11-13-27(14-12-24)26-8-4-3-5-9-26/h3-16,19-20,32,36-39H,17-18,21-23H2,1-2H3,(H,35,40)/t32-/m0/s1. The lowest BCUT2D eigenvalue weighted by atomic mass is 9.93. The first kappa shape index (κ1) is 29.0. The Kier molecular flexibility index (Phi) is 9.72. The molecular formula is C34H38N2O4. The average Bonchev–Trinajstić information content (AvgIpc) is 2.97. The Morgan fingerprint density at radius 3 is 2.30 bits per heavy atom. The summed E-state index contributed by atoms with van der Waals surface area (Å²) in [6.45, 7) is 4.65. The molecule has 4 aromatic rings. The van der Waals surface area contributed by atoms with Crippen LogP contribution in [0.15, 0.2) is 97.1 Å². The lowest BCUT2D eigenvalue weighted by molar-refractivity contribution is 0.0954. The Bertz CT molecular complexity index is 1400. The fourth-order valence-electron chi connectivity index (χ4n) is 4.74. The van der Waals surface area contributed by atoms with Crippen LogP contribution in [-0.4, -0.2) is 39.9 Å². The number of hydrogen-bond acceptors (Lipinski definition) is 5. The molecule has 0 saturated heterocycles. The molecule has 0 aliphatic carbocycles. The van der Waals surface area contributed by atoms with Gasteiger partial charge >= 0.3 is 0 Å². The van der Waals surface area contributed by atoms with E-state index >= 15 is 0 Å². The lowest BCUT2D eigenvalue weighted by Gasteiger charge is -2.28. The molecule has 0 unspecified atom stereocenters. The molecule has 5 N–H and O–H groups in total. The summed E-state index contributed by atoms with van der Waals surface area (Å²) in [5.41, 5.74) is 5.82. The summed E-state index contributed by atoms with van der Waals surface area (Å²) >= 11 is 0. The van der Waals surface area contributed by atoms with Gasteiger partial charge in [0.1, 0.15) is 5.75 Å². The van der Waals surface area contributed by atoms with Gasteiger partial charge in [0, 0.05) is 29.8 Å². The van der Waals surface area contributed by atoms with Crippen LogP contribution in [0, 0.1) is 0 Å². The summed E-state index contributed by atoms with van der Waals surface area (Å²) in [6.07, 6.45) is 0.615. The molecule has 208 valence electrons. The van der Waals surface area contributed by atoms with Crippen LogP contribution in [0.1, 0.15) is 52.6 Å². The number of aliphatic hydroxyl groups is 2. The van der Waals surface area contributed by atoms with Gasteiger partial charge in [0.2, 0.25) is 0 Å². The van der Waals surface area contributed by atoms with E-state index < -0.39 is 6.10 Å². The summed E-state index contributed by atoms with van der Waals surface area (Å²) < 4.78 is 0. The Morgan fingerprint density at radius 1 is 0.850 bits per heavy atom. The highest BCUT2D eigenvalue weighted by atomic mass is 16.3. The summed E-state index contributed by atoms with van der Waals surface area (Å²) in [4.78, 5) is 12.8. The number of phenols is 1. The first-order valence-corrected chi connectivity index (χ1v) is 13.6. The molecule has 0 aliphatic heterocycles. The Labute approximate surface area is 236 Å². The van der Waals surface area contributed by atoms with E-state index in [1.807, 2.05) is 56.3 Å². The molecule has 40 heavy (non-hydrogen) atoms. The number of aromatic hydroxyl groups is 1. The summed E-state index contributed by atoms with van der Waals surface area (Å²) in [6, 6.07) is 31.1. The van der Waals surface area contributed by atoms with E-state index in [-0.39, 0.29) is 23.8 Å². The van der Waals surface area contributed by atoms with Crippen LogP contribution in [0.25, 0.3) is 11.1 Å². The third kappa shape index (κ3) is 8.02. The first-order chi connectivity index (χ1) is 19.2. The monoisotopic (exact) mass is 538 g/mol. The van der Waals surface area contributed by atoms with Crippen LogP contribution in [0.5, 0.6) is 5.75 Å². The van der Waals surface area contributed by atoms with Gasteiger partial charge in [-0.15, -0.1) is 0 Å². The van der Waals surface area contributed by atoms with E-state index in [4.69, 9.17) is 0 Å². The van der Waals surface area contributed by atoms with Gasteiger partial charge in [0.05, 0.1) is 12.7 Å². The molecule has 0 aliphatic rings. The topological polar surface area (TPSA) is 102 Å². The highest BCUT2D eigenvalue weighted by molar-refractivity contribution is 5.94. The minimum Gasteiger partial charge on any atom is -0.508 e. The van der Waals surface area contributed by atoms with E-state index in [1.54, 1.807) is 12.1 Å². The molecule has 0 saturated carbocycles. The lowest BCUT2D eigenvalue weighted by Crippen LogP contribution is -2.43. The van der Waals surface area contributed by atoms with E-state index in [1.165, 1.54) is 22.8 Å². The van der Waals surface area contributed by atoms with Crippen molar-refractivity contribution in [3.8, 4) is 16.9 Å². The van der Waals surface area contributed by atoms with Crippen molar-refractivity contribution in [2.75, 3.05) is 13.1 Å². The minimum absolute atomic E-state index is 0.00755. The van der Waals surface area contributed by atoms with E-state index in [0.29, 0.717) is 36.2 Å². The number of nitrogens with one attached hydrogen (secondary N) is 2. The highest BCUT2D eigenvalue weighted by Gasteiger charge is 2.21. The van der Waals surface area contributed by atoms with Gasteiger partial charge < -0.3 is 26.0 Å². The predicted molar refractivity (Wildman–Crippen MR) is 159 cm³/mol. The summed E-state index contributed by atoms with van der Waals surface area (Å²) in [5, 5.41) is 36.2. The SMILES string of the molecule is CC(C)(Cc1cccc(C(=O)NCCc2ccc(-c3ccccc3)cc2)c1)NC[C@H](O)c1ccc(O)c(CO)c1. The molecule has 0 radical (unpaired) electrons. The third-order valence-corrected chi connectivity index (χ3v) is 7.03. The maximum atomic E-state index is 12.8. The summed E-state index contributed by atoms with van der Waals surface area (Å²) in [5.74, 6) is -0.0934. The molecule has 6 heteroatoms. The minimum atomic E-state index is -0.795. The van der Waals surface area contributed by atoms with Gasteiger partial charge in [0.25, 0.3) is 5.91 Å². The van der Waals surface area contributed by atoms with Gasteiger partial charge in [0.15, 0.2) is 0 Å². The van der Waals surface area contributed by atoms with Crippen molar-refractivity contribution < 1.29 is 20.1 Å². The predicted octanol–water partition coefficient (Wildman–Crippen LogP) is 5.17. The number of aliphatic hydroxyl groups excluding tert-OH is 2. The second-order valence-corrected chi connectivity index (χ2v) is 10.8. The Balaban J connectivity index is 1.27. The van der Waals surface area contributed by atoms with Crippen molar-refractivity contribution in [1.29, 1.82) is 0 Å². The smallest absolute Gasteiger partial charge is 0.251 e. The zero-order valence-corrected chi connectivity index (χ0v) is 23.1. The van der Waals surface area contributed by atoms with Gasteiger partial charge in [-0.3, -0.25) is 4.79 Å². The van der Waals surface area contributed by atoms with Crippen molar-refractivity contribution in [2.45, 2.75) is 44.9 Å². The first-order valence-electron chi connectivity index (χ1n) is 13.6. The van der Waals surface area contributed by atoms with Crippen LogP contribution < -0.4 is 10.6 Å². The number of amides is 1. The normalized spacial score (nSPS) is 12.2. The van der Waals surface area contributed by atoms with Crippen LogP contribution in [0.3, 0.4) is 0 Å². The Hall–Kier alpha value is -3.97. The van der Waals surface area contributed by atoms with Crippen molar-refractivity contribution in [1.82, 2.24) is 10.6 Å². The van der Waals surface area contributed by atoms with Crippen molar-refractivity contribution in [3.05, 3.63) is 125 Å². The average molecular weight is 539 g/mol. The van der Waals surface area contributed by atoms with Crippen LogP contribution in [0.2, 0.25) is 0 Å². The number of benzene rings is 4. The van der Waals surface area contributed by atoms with Crippen molar-refractivity contribution in [2.24, 2.45) is 0 Å². The number of β-amino-alcohol motifs (C(OH)–C–C–N with tert-alkyl or cyclic N) is 1. The molecule has 0 aromatic heterocycles. The zero-order chi connectivity index (χ0) is 28.5. The molecule has 4 aromatic carbocycles. The number of rotatable bonds is 12. The van der Waals surface area contributed by atoms with Crippen molar-refractivity contribution in [3.63, 3.8) is 0 Å². The molecule has 0 bridgehead atoms. The number of carbonyl (C=O) groups is 1. The molecule has 0 spiro atoms. The number of carbonyl (C=O) groups excluding carboxylic acids is 1. The van der Waals surface area contributed by atoms with Crippen molar-refractivity contribution >= 4 is 5.91 Å². The van der Waals surface area contributed by atoms with Crippen LogP contribution in [-0.2, 0) is 19.4 Å². The maximum Gasteiger partial charge on any atom is 0.251 e. The molecule has 1 atom stereocenters. The fraction of sp³-hybridized carbons (Fsp3) is 0.265. The van der Waals surface area contributed by atoms with Crippen LogP contribution >= 0.6 is 0 Å². The molecule has 0 fully saturated rings. The molecule has 0 heterocycles. The van der Waals surface area contributed by atoms with Gasteiger partial charge in [-0.05, 0) is 78.8 Å². The van der Waals surface area contributed by atoms with E-state index in [9.17, 15) is 20.1 Å². The van der Waals surface area contributed by atoms with E-state index in [2.05, 4.69) is 47.0 Å². The fourth-order valence-corrected chi connectivity index (χ4v) is 4.74. The third-order valence-electron chi connectivity index (χ3n) is 7.03. The maximum absolute atomic E-state index is 12.8. The highest BCUT2D eigenvalue weighted by Crippen LogP contribution is 2.23. The molecule has 4 rings (SSSR count). The van der Waals surface area contributed by atoms with Gasteiger partial charge in [-0.1, -0.05) is 72.8 Å². The summed E-state index contributed by atoms with van der Waals surface area (Å²) in [7, 11) is 0. The zero-order valence-electron chi connectivity index (χ0n) is 23.1. The quantitative estimate of drug-likeness (QED) is 0.171. The van der Waals surface area contributed by atoms with E-state index in [0.717, 1.165) is 12.0 Å². The molecular weight excluding hydrogens is 500 g/mol. The largest absolute Gasteiger partial charge is 0.508 e. The molecule has 1 amide bonds. The Morgan fingerprint density at radius 2 is 1.57 bits per heavy atom. The number of hydrogen-bond donors (Lipinski definition) is 5. The molecule has 6 nitrogen and oxygen atoms in total. The second kappa shape index (κ2) is 13.4.